The zero-order valence-electron chi connectivity index (χ0n) is 10.7. The fraction of sp³-hybridized carbons (Fsp3) is 0.923. The molecule has 100 valence electrons. The van der Waals surface area contributed by atoms with Crippen LogP contribution in [-0.4, -0.2) is 30.4 Å². The fourth-order valence-corrected chi connectivity index (χ4v) is 2.82. The third-order valence-electron chi connectivity index (χ3n) is 4.12. The molecule has 2 aliphatic rings. The Morgan fingerprint density at radius 2 is 2.12 bits per heavy atom. The predicted octanol–water partition coefficient (Wildman–Crippen LogP) is 2.04. The molecule has 0 aromatic rings. The number of hydrogen-bond acceptors (Lipinski definition) is 2. The molecule has 1 heterocycles. The molecule has 2 rings (SSSR count). The van der Waals surface area contributed by atoms with Crippen molar-refractivity contribution in [2.45, 2.75) is 39.0 Å². The van der Waals surface area contributed by atoms with Crippen LogP contribution in [0.3, 0.4) is 0 Å². The van der Waals surface area contributed by atoms with Crippen molar-refractivity contribution < 1.29 is 4.79 Å². The molecule has 2 fully saturated rings. The highest BCUT2D eigenvalue weighted by atomic mass is 35.5. The van der Waals surface area contributed by atoms with Gasteiger partial charge in [0.15, 0.2) is 0 Å². The third-order valence-corrected chi connectivity index (χ3v) is 4.12. The van der Waals surface area contributed by atoms with E-state index in [2.05, 4.69) is 11.8 Å². The van der Waals surface area contributed by atoms with Gasteiger partial charge in [-0.2, -0.15) is 0 Å². The molecule has 0 bridgehead atoms. The molecule has 1 aliphatic carbocycles. The summed E-state index contributed by atoms with van der Waals surface area (Å²) in [6.45, 7) is 4.78. The number of hydrogen-bond donors (Lipinski definition) is 1. The molecule has 0 aromatic heterocycles. The maximum Gasteiger partial charge on any atom is 0.225 e. The van der Waals surface area contributed by atoms with Crippen LogP contribution in [0.4, 0.5) is 0 Å². The quantitative estimate of drug-likeness (QED) is 0.841. The summed E-state index contributed by atoms with van der Waals surface area (Å²) in [6.07, 6.45) is 5.99. The first-order valence-corrected chi connectivity index (χ1v) is 6.71. The molecule has 1 saturated heterocycles. The van der Waals surface area contributed by atoms with Gasteiger partial charge in [0.25, 0.3) is 0 Å². The van der Waals surface area contributed by atoms with Crippen molar-refractivity contribution in [3.8, 4) is 0 Å². The molecule has 0 radical (unpaired) electrons. The minimum atomic E-state index is 0. The van der Waals surface area contributed by atoms with E-state index in [0.29, 0.717) is 17.7 Å². The van der Waals surface area contributed by atoms with Crippen LogP contribution in [0.1, 0.15) is 39.0 Å². The Hall–Kier alpha value is -0.280. The standard InChI is InChI=1S/C13H24N2O.ClH/c1-10(12-4-5-12)13(16)15-8-2-3-11(9-15)6-7-14;/h10-12H,2-9,14H2,1H3;1H. The van der Waals surface area contributed by atoms with Crippen LogP contribution < -0.4 is 5.73 Å². The molecule has 1 saturated carbocycles. The highest BCUT2D eigenvalue weighted by Crippen LogP contribution is 2.38. The average Bonchev–Trinajstić information content (AvgIpc) is 3.12. The van der Waals surface area contributed by atoms with E-state index in [1.807, 2.05) is 0 Å². The third kappa shape index (κ3) is 3.85. The Morgan fingerprint density at radius 1 is 1.41 bits per heavy atom. The number of nitrogens with zero attached hydrogens (tertiary/aromatic N) is 1. The summed E-state index contributed by atoms with van der Waals surface area (Å²) < 4.78 is 0. The molecule has 4 heteroatoms. The number of likely N-dealkylation sites (tertiary alicyclic amines) is 1. The fourth-order valence-electron chi connectivity index (χ4n) is 2.82. The summed E-state index contributed by atoms with van der Waals surface area (Å²) in [4.78, 5) is 14.3. The van der Waals surface area contributed by atoms with Crippen molar-refractivity contribution >= 4 is 18.3 Å². The van der Waals surface area contributed by atoms with E-state index >= 15 is 0 Å². The number of rotatable bonds is 4. The zero-order chi connectivity index (χ0) is 11.5. The maximum absolute atomic E-state index is 12.2. The Balaban J connectivity index is 0.00000144. The molecule has 1 aliphatic heterocycles. The van der Waals surface area contributed by atoms with Gasteiger partial charge in [-0.1, -0.05) is 6.92 Å². The molecule has 1 amide bonds. The number of amides is 1. The Morgan fingerprint density at radius 3 is 2.71 bits per heavy atom. The molecular weight excluding hydrogens is 236 g/mol. The van der Waals surface area contributed by atoms with Crippen molar-refractivity contribution in [1.82, 2.24) is 4.90 Å². The van der Waals surface area contributed by atoms with Crippen LogP contribution in [0.25, 0.3) is 0 Å². The van der Waals surface area contributed by atoms with Crippen molar-refractivity contribution in [1.29, 1.82) is 0 Å². The maximum atomic E-state index is 12.2. The molecule has 17 heavy (non-hydrogen) atoms. The van der Waals surface area contributed by atoms with Gasteiger partial charge in [0.05, 0.1) is 0 Å². The van der Waals surface area contributed by atoms with E-state index in [0.717, 1.165) is 32.5 Å². The van der Waals surface area contributed by atoms with Crippen LogP contribution in [0.5, 0.6) is 0 Å². The van der Waals surface area contributed by atoms with Gasteiger partial charge in [-0.25, -0.2) is 0 Å². The first-order valence-electron chi connectivity index (χ1n) is 6.71. The lowest BCUT2D eigenvalue weighted by molar-refractivity contribution is -0.137. The van der Waals surface area contributed by atoms with Crippen LogP contribution in [0, 0.1) is 17.8 Å². The topological polar surface area (TPSA) is 46.3 Å². The van der Waals surface area contributed by atoms with Crippen LogP contribution >= 0.6 is 12.4 Å². The second-order valence-corrected chi connectivity index (χ2v) is 5.50. The van der Waals surface area contributed by atoms with E-state index in [1.165, 1.54) is 19.3 Å². The summed E-state index contributed by atoms with van der Waals surface area (Å²) in [5.41, 5.74) is 5.60. The summed E-state index contributed by atoms with van der Waals surface area (Å²) >= 11 is 0. The summed E-state index contributed by atoms with van der Waals surface area (Å²) in [5.74, 6) is 1.98. The van der Waals surface area contributed by atoms with Gasteiger partial charge < -0.3 is 10.6 Å². The van der Waals surface area contributed by atoms with E-state index in [-0.39, 0.29) is 18.3 Å². The Kier molecular flexibility index (Phi) is 5.74. The van der Waals surface area contributed by atoms with Crippen molar-refractivity contribution in [2.24, 2.45) is 23.5 Å². The van der Waals surface area contributed by atoms with E-state index in [1.54, 1.807) is 0 Å². The molecule has 2 atom stereocenters. The monoisotopic (exact) mass is 260 g/mol. The van der Waals surface area contributed by atoms with Crippen molar-refractivity contribution in [2.75, 3.05) is 19.6 Å². The van der Waals surface area contributed by atoms with Gasteiger partial charge in [-0.05, 0) is 50.5 Å². The van der Waals surface area contributed by atoms with Crippen molar-refractivity contribution in [3.63, 3.8) is 0 Å². The van der Waals surface area contributed by atoms with E-state index in [9.17, 15) is 4.79 Å². The van der Waals surface area contributed by atoms with Crippen LogP contribution in [-0.2, 0) is 4.79 Å². The first kappa shape index (κ1) is 14.8. The molecule has 3 nitrogen and oxygen atoms in total. The second kappa shape index (κ2) is 6.60. The Labute approximate surface area is 111 Å². The lowest BCUT2D eigenvalue weighted by atomic mass is 9.93. The van der Waals surface area contributed by atoms with Crippen LogP contribution in [0.15, 0.2) is 0 Å². The zero-order valence-corrected chi connectivity index (χ0v) is 11.5. The number of carbonyl (C=O) groups is 1. The molecule has 2 N–H and O–H groups in total. The van der Waals surface area contributed by atoms with Gasteiger partial charge in [0, 0.05) is 19.0 Å². The highest BCUT2D eigenvalue weighted by molar-refractivity contribution is 5.85. The predicted molar refractivity (Wildman–Crippen MR) is 72.1 cm³/mol. The lowest BCUT2D eigenvalue weighted by Gasteiger charge is -2.34. The summed E-state index contributed by atoms with van der Waals surface area (Å²) in [5, 5.41) is 0. The molecular formula is C13H25ClN2O. The second-order valence-electron chi connectivity index (χ2n) is 5.50. The number of nitrogens with two attached hydrogens (primary N) is 1. The number of carbonyl (C=O) groups excluding carboxylic acids is 1. The molecule has 0 aromatic carbocycles. The van der Waals surface area contributed by atoms with Gasteiger partial charge in [-0.15, -0.1) is 12.4 Å². The van der Waals surface area contributed by atoms with Gasteiger partial charge >= 0.3 is 0 Å². The lowest BCUT2D eigenvalue weighted by Crippen LogP contribution is -2.43. The average molecular weight is 261 g/mol. The van der Waals surface area contributed by atoms with Gasteiger partial charge in [0.1, 0.15) is 0 Å². The smallest absolute Gasteiger partial charge is 0.225 e. The first-order chi connectivity index (χ1) is 7.72. The SMILES string of the molecule is CC(C(=O)N1CCCC(CCN)C1)C1CC1.Cl. The van der Waals surface area contributed by atoms with Crippen LogP contribution in [0.2, 0.25) is 0 Å². The summed E-state index contributed by atoms with van der Waals surface area (Å²) in [7, 11) is 0. The van der Waals surface area contributed by atoms with Crippen molar-refractivity contribution in [3.05, 3.63) is 0 Å². The normalized spacial score (nSPS) is 26.2. The number of halogens is 1. The number of piperidine rings is 1. The minimum Gasteiger partial charge on any atom is -0.342 e. The Bertz CT molecular complexity index is 254. The minimum absolute atomic E-state index is 0. The van der Waals surface area contributed by atoms with E-state index < -0.39 is 0 Å². The van der Waals surface area contributed by atoms with E-state index in [4.69, 9.17) is 5.73 Å². The largest absolute Gasteiger partial charge is 0.342 e. The molecule has 2 unspecified atom stereocenters. The molecule has 0 spiro atoms. The van der Waals surface area contributed by atoms with Gasteiger partial charge in [0.2, 0.25) is 5.91 Å². The summed E-state index contributed by atoms with van der Waals surface area (Å²) in [6, 6.07) is 0. The highest BCUT2D eigenvalue weighted by Gasteiger charge is 2.36. The van der Waals surface area contributed by atoms with Gasteiger partial charge in [-0.3, -0.25) is 4.79 Å².